The van der Waals surface area contributed by atoms with Gasteiger partial charge in [0.15, 0.2) is 22.3 Å². The Labute approximate surface area is 243 Å². The largest absolute Gasteiger partial charge is 0.463 e. The van der Waals surface area contributed by atoms with Gasteiger partial charge in [-0.3, -0.25) is 23.7 Å². The van der Waals surface area contributed by atoms with E-state index in [-0.39, 0.29) is 22.9 Å². The van der Waals surface area contributed by atoms with Crippen molar-refractivity contribution in [2.75, 3.05) is 18.5 Å². The smallest absolute Gasteiger partial charge is 0.380 e. The molecule has 1 saturated heterocycles. The minimum atomic E-state index is -4.52. The van der Waals surface area contributed by atoms with Gasteiger partial charge in [0.05, 0.1) is 33.8 Å². The first-order valence-electron chi connectivity index (χ1n) is 13.5. The second-order valence-electron chi connectivity index (χ2n) is 9.57. The lowest BCUT2D eigenvalue weighted by atomic mass is 9.99. The first-order chi connectivity index (χ1) is 20.1. The molecule has 3 heterocycles. The molecule has 1 aliphatic heterocycles. The number of benzene rings is 1. The summed E-state index contributed by atoms with van der Waals surface area (Å²) in [4.78, 5) is 33.3. The molecular formula is C26H31ClN5O8P. The van der Waals surface area contributed by atoms with Crippen LogP contribution in [-0.4, -0.2) is 66.5 Å². The lowest BCUT2D eigenvalue weighted by molar-refractivity contribution is -0.151. The summed E-state index contributed by atoms with van der Waals surface area (Å²) in [6.45, 7) is 3.13. The molecule has 220 valence electrons. The van der Waals surface area contributed by atoms with Gasteiger partial charge in [-0.25, -0.2) is 9.55 Å². The zero-order chi connectivity index (χ0) is 31.7. The van der Waals surface area contributed by atoms with Crippen LogP contribution < -0.4 is 15.8 Å². The molecule has 15 heteroatoms. The molecule has 1 unspecified atom stereocenters. The van der Waals surface area contributed by atoms with Crippen molar-refractivity contribution in [2.45, 2.75) is 57.1 Å². The molecule has 1 aliphatic rings. The maximum absolute atomic E-state index is 14.1. The van der Waals surface area contributed by atoms with Crippen molar-refractivity contribution in [2.24, 2.45) is 5.92 Å². The number of halogens is 1. The zero-order valence-corrected chi connectivity index (χ0v) is 24.3. The summed E-state index contributed by atoms with van der Waals surface area (Å²) >= 11 is 6.81. The topological polar surface area (TPSA) is 181 Å². The molecule has 3 aromatic rings. The molecule has 0 radical (unpaired) electrons. The van der Waals surface area contributed by atoms with Gasteiger partial charge in [-0.05, 0) is 32.9 Å². The monoisotopic (exact) mass is 609 g/mol. The van der Waals surface area contributed by atoms with Crippen LogP contribution >= 0.6 is 19.2 Å². The maximum Gasteiger partial charge on any atom is 0.380 e. The summed E-state index contributed by atoms with van der Waals surface area (Å²) in [7, 11) is -4.52. The second kappa shape index (κ2) is 12.2. The Morgan fingerprint density at radius 1 is 1.39 bits per heavy atom. The number of imidazole rings is 1. The fourth-order valence-corrected chi connectivity index (χ4v) is 6.19. The number of nitrogens with two attached hydrogens (primary N) is 1. The third kappa shape index (κ3) is 6.58. The van der Waals surface area contributed by atoms with E-state index >= 15 is 0 Å². The van der Waals surface area contributed by atoms with Gasteiger partial charge in [-0.15, -0.1) is 5.92 Å². The van der Waals surface area contributed by atoms with E-state index in [1.807, 2.05) is 0 Å². The molecule has 6 atom stereocenters. The van der Waals surface area contributed by atoms with Crippen LogP contribution in [0.15, 0.2) is 41.5 Å². The van der Waals surface area contributed by atoms with Gasteiger partial charge in [0.25, 0.3) is 5.56 Å². The van der Waals surface area contributed by atoms with Crippen molar-refractivity contribution in [3.05, 3.63) is 47.0 Å². The molecule has 0 amide bonds. The molecular weight excluding hydrogens is 577 g/mol. The summed E-state index contributed by atoms with van der Waals surface area (Å²) in [6.07, 6.45) is -5.16. The molecule has 1 fully saturated rings. The molecule has 1 aromatic carbocycles. The van der Waals surface area contributed by atoms with Gasteiger partial charge >= 0.3 is 13.6 Å². The number of aromatic amines is 1. The van der Waals surface area contributed by atoms with Gasteiger partial charge < -0.3 is 24.8 Å². The summed E-state index contributed by atoms with van der Waals surface area (Å²) < 4.78 is 55.2. The third-order valence-corrected chi connectivity index (χ3v) is 8.29. The number of nitrogens with zero attached hydrogens (tertiary/aromatic N) is 3. The Bertz CT molecular complexity index is 1660. The number of aromatic nitrogens is 4. The van der Waals surface area contributed by atoms with E-state index in [0.717, 1.165) is 6.33 Å². The third-order valence-electron chi connectivity index (χ3n) is 5.92. The van der Waals surface area contributed by atoms with Crippen molar-refractivity contribution in [1.82, 2.24) is 19.5 Å². The van der Waals surface area contributed by atoms with Crippen LogP contribution in [0.3, 0.4) is 0 Å². The Morgan fingerprint density at radius 2 is 2.10 bits per heavy atom. The number of anilines is 1. The number of nitrogen functional groups attached to an aromatic ring is 1. The maximum atomic E-state index is 14.1. The zero-order valence-electron chi connectivity index (χ0n) is 24.6. The van der Waals surface area contributed by atoms with Crippen LogP contribution in [0.4, 0.5) is 5.95 Å². The Kier molecular flexibility index (Phi) is 8.27. The Hall–Kier alpha value is -3.40. The van der Waals surface area contributed by atoms with Crippen LogP contribution in [-0.2, 0) is 23.4 Å². The predicted octanol–water partition coefficient (Wildman–Crippen LogP) is 2.84. The number of nitrogens with one attached hydrogen (secondary N) is 1. The van der Waals surface area contributed by atoms with E-state index in [2.05, 4.69) is 26.8 Å². The minimum absolute atomic E-state index is 0.0703. The summed E-state index contributed by atoms with van der Waals surface area (Å²) in [5, 5.41) is 11.4. The number of aliphatic hydroxyl groups excluding tert-OH is 1. The number of aliphatic hydroxyl groups is 1. The predicted molar refractivity (Wildman–Crippen MR) is 150 cm³/mol. The van der Waals surface area contributed by atoms with E-state index in [4.69, 9.17) is 38.6 Å². The van der Waals surface area contributed by atoms with Crippen molar-refractivity contribution in [3.8, 4) is 17.6 Å². The average Bonchev–Trinajstić information content (AvgIpc) is 3.42. The number of ether oxygens (including phenoxy) is 2. The molecule has 0 saturated carbocycles. The lowest BCUT2D eigenvalue weighted by Gasteiger charge is -2.25. The number of carbonyl (C=O) groups is 1. The summed E-state index contributed by atoms with van der Waals surface area (Å²) in [6, 6.07) is 7.85. The van der Waals surface area contributed by atoms with Crippen molar-refractivity contribution in [3.63, 3.8) is 0 Å². The van der Waals surface area contributed by atoms with Crippen LogP contribution in [0.25, 0.3) is 11.2 Å². The molecule has 13 nitrogen and oxygen atoms in total. The van der Waals surface area contributed by atoms with E-state index < -0.39 is 67.2 Å². The molecule has 0 spiro atoms. The molecule has 41 heavy (non-hydrogen) atoms. The minimum Gasteiger partial charge on any atom is -0.463 e. The number of fused-ring (bicyclic) bond motifs is 1. The number of rotatable bonds is 10. The molecule has 0 aliphatic carbocycles. The number of H-pyrrole nitrogens is 1. The van der Waals surface area contributed by atoms with E-state index in [1.54, 1.807) is 32.0 Å². The first-order valence-corrected chi connectivity index (χ1v) is 14.6. The van der Waals surface area contributed by atoms with Crippen LogP contribution in [0.1, 0.15) is 36.7 Å². The number of carbonyl (C=O) groups excluding carboxylic acids is 1. The van der Waals surface area contributed by atoms with E-state index in [0.29, 0.717) is 0 Å². The first kappa shape index (κ1) is 27.8. The second-order valence-corrected chi connectivity index (χ2v) is 12.1. The molecule has 2 aromatic heterocycles. The van der Waals surface area contributed by atoms with Crippen LogP contribution in [0.2, 0.25) is 0 Å². The number of alkyl halides is 1. The van der Waals surface area contributed by atoms with Gasteiger partial charge in [-0.1, -0.05) is 42.6 Å². The van der Waals surface area contributed by atoms with Gasteiger partial charge in [-0.2, -0.15) is 4.98 Å². The molecule has 4 N–H and O–H groups in total. The Balaban J connectivity index is 1.71. The highest BCUT2D eigenvalue weighted by Gasteiger charge is 2.56. The lowest BCUT2D eigenvalue weighted by Crippen LogP contribution is -2.41. The summed E-state index contributed by atoms with van der Waals surface area (Å²) in [5.74, 6) is 3.35. The van der Waals surface area contributed by atoms with Gasteiger partial charge in [0.1, 0.15) is 18.0 Å². The number of esters is 1. The normalized spacial score (nSPS) is 25.5. The number of hydrogen-bond donors (Lipinski definition) is 3. The standard InChI is InChI=1S/C26H31ClN5O8P/c1-5-11-26(27)20(33)18(39-24(26)32-14-29-19-21(32)30-25(28)31-22(19)34)12-37-41(36,40-17-9-7-6-8-10-17)13-16(4)23(35)38-15(2)3/h6-10,14-16,18,20,24,33H,12-13H2,1-4H3,(H3,28,30,31,34)/t16-,18-,20+,24-,26?,41+/m1/s1/i12D2. The highest BCUT2D eigenvalue weighted by atomic mass is 35.5. The molecule has 4 rings (SSSR count). The van der Waals surface area contributed by atoms with Crippen LogP contribution in [0, 0.1) is 17.8 Å². The quantitative estimate of drug-likeness (QED) is 0.133. The fraction of sp³-hybridized carbons (Fsp3) is 0.462. The van der Waals surface area contributed by atoms with Gasteiger partial charge in [0, 0.05) is 0 Å². The van der Waals surface area contributed by atoms with E-state index in [1.165, 1.54) is 30.5 Å². The number of para-hydroxylation sites is 1. The molecule has 0 bridgehead atoms. The highest BCUT2D eigenvalue weighted by Crippen LogP contribution is 2.52. The van der Waals surface area contributed by atoms with Crippen molar-refractivity contribution in [1.29, 1.82) is 0 Å². The number of hydrogen-bond acceptors (Lipinski definition) is 11. The Morgan fingerprint density at radius 3 is 2.76 bits per heavy atom. The van der Waals surface area contributed by atoms with Gasteiger partial charge in [0.2, 0.25) is 5.95 Å². The SMILES string of the molecule is [2H]C([2H])(O[P@@](=O)(C[C@@H](C)C(=O)OC(C)C)Oc1ccccc1)[C@H]1O[C@@H](n2cnc3c(=O)[nH]c(N)nc32)C(Cl)(C#CC)[C@H]1O. The van der Waals surface area contributed by atoms with E-state index in [9.17, 15) is 19.3 Å². The highest BCUT2D eigenvalue weighted by molar-refractivity contribution is 7.54. The van der Waals surface area contributed by atoms with Crippen LogP contribution in [0.5, 0.6) is 5.75 Å². The van der Waals surface area contributed by atoms with Crippen molar-refractivity contribution >= 4 is 42.3 Å². The fourth-order valence-electron chi connectivity index (χ4n) is 4.11. The van der Waals surface area contributed by atoms with Crippen molar-refractivity contribution < 1.29 is 35.7 Å². The average molecular weight is 610 g/mol. The summed E-state index contributed by atoms with van der Waals surface area (Å²) in [5.41, 5.74) is 4.86.